The zero-order valence-corrected chi connectivity index (χ0v) is 16.9. The lowest BCUT2D eigenvalue weighted by Crippen LogP contribution is -2.19. The summed E-state index contributed by atoms with van der Waals surface area (Å²) in [6.45, 7) is 2.39. The molecule has 0 fully saturated rings. The highest BCUT2D eigenvalue weighted by Crippen LogP contribution is 2.35. The number of hydrogen-bond acceptors (Lipinski definition) is 6. The number of rotatable bonds is 6. The van der Waals surface area contributed by atoms with Crippen molar-refractivity contribution in [3.8, 4) is 34.5 Å². The predicted molar refractivity (Wildman–Crippen MR) is 114 cm³/mol. The van der Waals surface area contributed by atoms with E-state index in [-0.39, 0.29) is 19.2 Å². The number of carbonyl (C=O) groups excluding carboxylic acids is 1. The summed E-state index contributed by atoms with van der Waals surface area (Å²) in [5.41, 5.74) is 3.34. The first-order chi connectivity index (χ1) is 15.2. The Labute approximate surface area is 178 Å². The number of benzene rings is 2. The Balaban J connectivity index is 1.34. The van der Waals surface area contributed by atoms with Crippen LogP contribution in [-0.4, -0.2) is 27.4 Å². The van der Waals surface area contributed by atoms with Crippen molar-refractivity contribution < 1.29 is 18.8 Å². The molecule has 0 spiro atoms. The number of fused-ring (bicyclic) bond motifs is 1. The quantitative estimate of drug-likeness (QED) is 0.508. The van der Waals surface area contributed by atoms with E-state index in [4.69, 9.17) is 14.0 Å². The van der Waals surface area contributed by atoms with Gasteiger partial charge in [-0.1, -0.05) is 30.3 Å². The predicted octanol–water partition coefficient (Wildman–Crippen LogP) is 4.13. The summed E-state index contributed by atoms with van der Waals surface area (Å²) >= 11 is 0. The van der Waals surface area contributed by atoms with Crippen molar-refractivity contribution in [3.63, 3.8) is 0 Å². The van der Waals surface area contributed by atoms with Gasteiger partial charge in [0.25, 0.3) is 5.89 Å². The minimum absolute atomic E-state index is 0.127. The van der Waals surface area contributed by atoms with Gasteiger partial charge in [0, 0.05) is 17.4 Å². The van der Waals surface area contributed by atoms with Crippen molar-refractivity contribution in [2.45, 2.75) is 19.9 Å². The summed E-state index contributed by atoms with van der Waals surface area (Å²) in [4.78, 5) is 17.1. The summed E-state index contributed by atoms with van der Waals surface area (Å²) in [5.74, 6) is 1.98. The van der Waals surface area contributed by atoms with E-state index >= 15 is 0 Å². The van der Waals surface area contributed by atoms with Crippen molar-refractivity contribution in [2.24, 2.45) is 0 Å². The molecule has 0 aliphatic carbocycles. The number of nitrogens with one attached hydrogen (secondary N) is 1. The molecule has 0 saturated carbocycles. The molecule has 1 amide bonds. The third kappa shape index (κ3) is 3.75. The number of ether oxygens (including phenoxy) is 2. The summed E-state index contributed by atoms with van der Waals surface area (Å²) in [6.07, 6.45) is 2.65. The molecule has 4 aromatic rings. The number of anilines is 1. The first-order valence-corrected chi connectivity index (χ1v) is 9.98. The number of hydrogen-bond donors (Lipinski definition) is 1. The Bertz CT molecular complexity index is 1240. The normalized spacial score (nSPS) is 12.2. The van der Waals surface area contributed by atoms with Crippen LogP contribution in [0.5, 0.6) is 11.5 Å². The monoisotopic (exact) mass is 416 g/mol. The van der Waals surface area contributed by atoms with Crippen molar-refractivity contribution >= 4 is 11.6 Å². The molecule has 1 N–H and O–H groups in total. The van der Waals surface area contributed by atoms with Crippen LogP contribution in [-0.2, 0) is 17.8 Å². The van der Waals surface area contributed by atoms with Gasteiger partial charge in [-0.05, 0) is 48.4 Å². The maximum absolute atomic E-state index is 12.6. The Morgan fingerprint density at radius 1 is 1.10 bits per heavy atom. The average Bonchev–Trinajstić information content (AvgIpc) is 3.53. The summed E-state index contributed by atoms with van der Waals surface area (Å²) in [5, 5.41) is 7.06. The molecule has 1 aliphatic heterocycles. The summed E-state index contributed by atoms with van der Waals surface area (Å²) in [7, 11) is 0. The lowest BCUT2D eigenvalue weighted by atomic mass is 10.1. The van der Waals surface area contributed by atoms with Crippen LogP contribution in [0, 0.1) is 0 Å². The molecule has 8 heteroatoms. The maximum atomic E-state index is 12.6. The van der Waals surface area contributed by atoms with Gasteiger partial charge in [-0.15, -0.1) is 0 Å². The van der Waals surface area contributed by atoms with Crippen LogP contribution in [0.2, 0.25) is 0 Å². The van der Waals surface area contributed by atoms with E-state index in [9.17, 15) is 4.79 Å². The highest BCUT2D eigenvalue weighted by atomic mass is 16.7. The molecule has 0 atom stereocenters. The second-order valence-corrected chi connectivity index (χ2v) is 7.07. The van der Waals surface area contributed by atoms with E-state index in [1.165, 1.54) is 0 Å². The zero-order chi connectivity index (χ0) is 21.2. The zero-order valence-electron chi connectivity index (χ0n) is 16.9. The van der Waals surface area contributed by atoms with Crippen LogP contribution in [0.25, 0.3) is 23.0 Å². The molecule has 3 heterocycles. The molecule has 2 aromatic carbocycles. The third-order valence-corrected chi connectivity index (χ3v) is 5.09. The van der Waals surface area contributed by atoms with Crippen LogP contribution in [0.1, 0.15) is 12.5 Å². The van der Waals surface area contributed by atoms with Crippen LogP contribution in [0.4, 0.5) is 5.69 Å². The third-order valence-electron chi connectivity index (χ3n) is 5.09. The second-order valence-electron chi connectivity index (χ2n) is 7.07. The Hall–Kier alpha value is -4.07. The number of amides is 1. The van der Waals surface area contributed by atoms with Gasteiger partial charge in [-0.2, -0.15) is 4.98 Å². The van der Waals surface area contributed by atoms with Crippen LogP contribution in [0.15, 0.2) is 65.3 Å². The fraction of sp³-hybridized carbons (Fsp3) is 0.174. The van der Waals surface area contributed by atoms with Gasteiger partial charge >= 0.3 is 0 Å². The fourth-order valence-corrected chi connectivity index (χ4v) is 3.52. The Morgan fingerprint density at radius 3 is 2.87 bits per heavy atom. The van der Waals surface area contributed by atoms with Crippen LogP contribution < -0.4 is 14.8 Å². The molecule has 31 heavy (non-hydrogen) atoms. The van der Waals surface area contributed by atoms with E-state index in [2.05, 4.69) is 22.4 Å². The van der Waals surface area contributed by atoms with E-state index in [0.29, 0.717) is 28.9 Å². The number of para-hydroxylation sites is 1. The Morgan fingerprint density at radius 2 is 1.97 bits per heavy atom. The fourth-order valence-electron chi connectivity index (χ4n) is 3.52. The molecule has 5 rings (SSSR count). The first-order valence-electron chi connectivity index (χ1n) is 9.98. The van der Waals surface area contributed by atoms with Crippen molar-refractivity contribution in [1.29, 1.82) is 0 Å². The van der Waals surface area contributed by atoms with Gasteiger partial charge in [0.05, 0.1) is 0 Å². The SMILES string of the molecule is CCc1ccccc1NC(=O)Cn1cccc1-c1nc(-c2ccc3c(c2)OCO3)no1. The van der Waals surface area contributed by atoms with Gasteiger partial charge in [0.1, 0.15) is 12.2 Å². The molecule has 8 nitrogen and oxygen atoms in total. The maximum Gasteiger partial charge on any atom is 0.274 e. The topological polar surface area (TPSA) is 91.4 Å². The van der Waals surface area contributed by atoms with Crippen molar-refractivity contribution in [1.82, 2.24) is 14.7 Å². The molecule has 0 saturated heterocycles. The molecule has 2 aromatic heterocycles. The molecule has 0 radical (unpaired) electrons. The standard InChI is InChI=1S/C23H20N4O4/c1-2-15-6-3-4-7-17(15)24-21(28)13-27-11-5-8-18(27)23-25-22(26-31-23)16-9-10-19-20(12-16)30-14-29-19/h3-12H,2,13-14H2,1H3,(H,24,28). The highest BCUT2D eigenvalue weighted by Gasteiger charge is 2.19. The lowest BCUT2D eigenvalue weighted by molar-refractivity contribution is -0.116. The van der Waals surface area contributed by atoms with Gasteiger partial charge in [0.15, 0.2) is 11.5 Å². The smallest absolute Gasteiger partial charge is 0.274 e. The van der Waals surface area contributed by atoms with Crippen LogP contribution >= 0.6 is 0 Å². The molecule has 0 unspecified atom stereocenters. The average molecular weight is 416 g/mol. The molecule has 0 bridgehead atoms. The van der Waals surface area contributed by atoms with Gasteiger partial charge in [-0.3, -0.25) is 4.79 Å². The van der Waals surface area contributed by atoms with E-state index in [0.717, 1.165) is 23.2 Å². The molecular weight excluding hydrogens is 396 g/mol. The number of carbonyl (C=O) groups is 1. The Kier molecular flexibility index (Phi) is 4.87. The summed E-state index contributed by atoms with van der Waals surface area (Å²) in [6, 6.07) is 16.9. The summed E-state index contributed by atoms with van der Waals surface area (Å²) < 4.78 is 18.0. The highest BCUT2D eigenvalue weighted by molar-refractivity contribution is 5.91. The number of aromatic nitrogens is 3. The van der Waals surface area contributed by atoms with Gasteiger partial charge in [-0.25, -0.2) is 0 Å². The largest absolute Gasteiger partial charge is 0.454 e. The van der Waals surface area contributed by atoms with Crippen molar-refractivity contribution in [2.75, 3.05) is 12.1 Å². The molecular formula is C23H20N4O4. The number of nitrogens with zero attached hydrogens (tertiary/aromatic N) is 3. The van der Waals surface area contributed by atoms with E-state index < -0.39 is 0 Å². The molecule has 1 aliphatic rings. The van der Waals surface area contributed by atoms with E-state index in [1.54, 1.807) is 4.57 Å². The van der Waals surface area contributed by atoms with Gasteiger partial charge in [0.2, 0.25) is 18.5 Å². The lowest BCUT2D eigenvalue weighted by Gasteiger charge is -2.11. The van der Waals surface area contributed by atoms with Crippen molar-refractivity contribution in [3.05, 3.63) is 66.4 Å². The van der Waals surface area contributed by atoms with Crippen LogP contribution in [0.3, 0.4) is 0 Å². The van der Waals surface area contributed by atoms with E-state index in [1.807, 2.05) is 60.8 Å². The second kappa shape index (κ2) is 7.98. The number of aryl methyl sites for hydroxylation is 1. The minimum atomic E-state index is -0.131. The first kappa shape index (κ1) is 18.9. The van der Waals surface area contributed by atoms with Gasteiger partial charge < -0.3 is 23.9 Å². The molecule has 156 valence electrons. The minimum Gasteiger partial charge on any atom is -0.454 e.